The molecule has 1 atom stereocenters. The second kappa shape index (κ2) is 6.48. The highest BCUT2D eigenvalue weighted by Crippen LogP contribution is 2.26. The molecule has 2 aromatic rings. The van der Waals surface area contributed by atoms with Gasteiger partial charge in [-0.05, 0) is 32.8 Å². The van der Waals surface area contributed by atoms with E-state index in [2.05, 4.69) is 10.1 Å². The van der Waals surface area contributed by atoms with E-state index in [1.807, 2.05) is 13.8 Å². The highest BCUT2D eigenvalue weighted by Gasteiger charge is 2.37. The van der Waals surface area contributed by atoms with Gasteiger partial charge in [0.1, 0.15) is 0 Å². The zero-order valence-corrected chi connectivity index (χ0v) is 14.6. The molecule has 1 aliphatic heterocycles. The minimum absolute atomic E-state index is 0.0523. The highest BCUT2D eigenvalue weighted by atomic mass is 32.2. The number of rotatable bonds is 5. The average Bonchev–Trinajstić information content (AvgIpc) is 3.19. The maximum Gasteiger partial charge on any atom is 0.266 e. The van der Waals surface area contributed by atoms with Crippen molar-refractivity contribution >= 4 is 10.0 Å². The lowest BCUT2D eigenvalue weighted by Crippen LogP contribution is -2.40. The summed E-state index contributed by atoms with van der Waals surface area (Å²) < 4.78 is 30.3. The fraction of sp³-hybridized carbons (Fsp3) is 0.533. The predicted octanol–water partition coefficient (Wildman–Crippen LogP) is 0.874. The van der Waals surface area contributed by atoms with Crippen LogP contribution in [0.4, 0.5) is 0 Å². The van der Waals surface area contributed by atoms with Crippen LogP contribution in [0.25, 0.3) is 0 Å². The van der Waals surface area contributed by atoms with Gasteiger partial charge in [0.2, 0.25) is 0 Å². The largest absolute Gasteiger partial charge is 0.334 e. The van der Waals surface area contributed by atoms with Crippen molar-refractivity contribution in [2.24, 2.45) is 0 Å². The van der Waals surface area contributed by atoms with Crippen LogP contribution >= 0.6 is 0 Å². The fourth-order valence-corrected chi connectivity index (χ4v) is 4.50. The normalized spacial score (nSPS) is 19.2. The molecule has 24 heavy (non-hydrogen) atoms. The number of sulfonamides is 1. The number of imidazole rings is 1. The molecular formula is C15H21N5O3S. The summed E-state index contributed by atoms with van der Waals surface area (Å²) in [5, 5.41) is 4.07. The minimum atomic E-state index is -3.68. The van der Waals surface area contributed by atoms with Crippen molar-refractivity contribution in [2.45, 2.75) is 50.3 Å². The van der Waals surface area contributed by atoms with Crippen molar-refractivity contribution in [3.8, 4) is 0 Å². The summed E-state index contributed by atoms with van der Waals surface area (Å²) in [5.74, 6) is 0. The first kappa shape index (κ1) is 16.8. The van der Waals surface area contributed by atoms with Gasteiger partial charge in [0.25, 0.3) is 15.6 Å². The zero-order chi connectivity index (χ0) is 17.3. The van der Waals surface area contributed by atoms with E-state index in [1.165, 1.54) is 27.6 Å². The van der Waals surface area contributed by atoms with Gasteiger partial charge in [-0.1, -0.05) is 0 Å². The van der Waals surface area contributed by atoms with E-state index in [0.717, 1.165) is 6.42 Å². The van der Waals surface area contributed by atoms with Crippen molar-refractivity contribution in [3.63, 3.8) is 0 Å². The van der Waals surface area contributed by atoms with Gasteiger partial charge in [-0.15, -0.1) is 0 Å². The quantitative estimate of drug-likeness (QED) is 0.797. The van der Waals surface area contributed by atoms with Crippen LogP contribution in [-0.2, 0) is 16.6 Å². The monoisotopic (exact) mass is 351 g/mol. The molecule has 8 nitrogen and oxygen atoms in total. The summed E-state index contributed by atoms with van der Waals surface area (Å²) in [6.45, 7) is 4.61. The van der Waals surface area contributed by atoms with Crippen molar-refractivity contribution in [3.05, 3.63) is 41.2 Å². The SMILES string of the molecule is CC(C)n1cnc(S(=O)(=O)N2CCCC2Cn2ncccc2=O)c1. The first-order chi connectivity index (χ1) is 11.4. The molecule has 0 amide bonds. The first-order valence-corrected chi connectivity index (χ1v) is 9.41. The maximum absolute atomic E-state index is 12.9. The fourth-order valence-electron chi connectivity index (χ4n) is 2.89. The Hall–Kier alpha value is -2.00. The number of hydrogen-bond acceptors (Lipinski definition) is 5. The Labute approximate surface area is 140 Å². The zero-order valence-electron chi connectivity index (χ0n) is 13.7. The standard InChI is InChI=1S/C15H21N5O3S/c1-12(2)18-10-14(16-11-18)24(22,23)20-8-4-5-13(20)9-19-15(21)6-3-7-17-19/h3,6-7,10-13H,4-5,8-9H2,1-2H3. The molecular weight excluding hydrogens is 330 g/mol. The number of nitrogens with zero attached hydrogens (tertiary/aromatic N) is 5. The van der Waals surface area contributed by atoms with Crippen molar-refractivity contribution < 1.29 is 8.42 Å². The van der Waals surface area contributed by atoms with Gasteiger partial charge in [-0.2, -0.15) is 9.40 Å². The van der Waals surface area contributed by atoms with Crippen LogP contribution in [0, 0.1) is 0 Å². The van der Waals surface area contributed by atoms with Crippen molar-refractivity contribution in [1.29, 1.82) is 0 Å². The molecule has 3 rings (SSSR count). The summed E-state index contributed by atoms with van der Waals surface area (Å²) in [6.07, 6.45) is 6.08. The van der Waals surface area contributed by atoms with Gasteiger partial charge in [-0.25, -0.2) is 18.1 Å². The van der Waals surface area contributed by atoms with E-state index < -0.39 is 10.0 Å². The van der Waals surface area contributed by atoms with E-state index in [4.69, 9.17) is 0 Å². The molecule has 0 spiro atoms. The second-order valence-corrected chi connectivity index (χ2v) is 8.05. The first-order valence-electron chi connectivity index (χ1n) is 7.97. The molecule has 2 aromatic heterocycles. The molecule has 1 fully saturated rings. The summed E-state index contributed by atoms with van der Waals surface area (Å²) >= 11 is 0. The molecule has 0 aromatic carbocycles. The summed E-state index contributed by atoms with van der Waals surface area (Å²) in [6, 6.07) is 2.85. The van der Waals surface area contributed by atoms with Crippen LogP contribution in [0.15, 0.2) is 40.7 Å². The molecule has 0 bridgehead atoms. The summed E-state index contributed by atoms with van der Waals surface area (Å²) in [7, 11) is -3.68. The molecule has 130 valence electrons. The van der Waals surface area contributed by atoms with Gasteiger partial charge in [-0.3, -0.25) is 4.79 Å². The lowest BCUT2D eigenvalue weighted by molar-refractivity contribution is 0.334. The number of hydrogen-bond donors (Lipinski definition) is 0. The lowest BCUT2D eigenvalue weighted by atomic mass is 10.2. The van der Waals surface area contributed by atoms with E-state index in [9.17, 15) is 13.2 Å². The van der Waals surface area contributed by atoms with Gasteiger partial charge in [0.15, 0.2) is 5.03 Å². The maximum atomic E-state index is 12.9. The Balaban J connectivity index is 1.86. The highest BCUT2D eigenvalue weighted by molar-refractivity contribution is 7.89. The Morgan fingerprint density at radius 3 is 2.83 bits per heavy atom. The van der Waals surface area contributed by atoms with Gasteiger partial charge in [0, 0.05) is 37.1 Å². The van der Waals surface area contributed by atoms with Crippen LogP contribution in [-0.4, -0.2) is 44.6 Å². The molecule has 0 aliphatic carbocycles. The van der Waals surface area contributed by atoms with Crippen LogP contribution in [0.3, 0.4) is 0 Å². The Bertz CT molecular complexity index is 871. The van der Waals surface area contributed by atoms with Crippen molar-refractivity contribution in [2.75, 3.05) is 6.54 Å². The van der Waals surface area contributed by atoms with E-state index in [-0.39, 0.29) is 29.2 Å². The van der Waals surface area contributed by atoms with Crippen LogP contribution in [0.2, 0.25) is 0 Å². The average molecular weight is 351 g/mol. The summed E-state index contributed by atoms with van der Waals surface area (Å²) in [5.41, 5.74) is -0.231. The topological polar surface area (TPSA) is 90.1 Å². The molecule has 0 N–H and O–H groups in total. The molecule has 0 saturated carbocycles. The van der Waals surface area contributed by atoms with E-state index in [0.29, 0.717) is 13.0 Å². The molecule has 0 radical (unpaired) electrons. The van der Waals surface area contributed by atoms with Crippen LogP contribution in [0.5, 0.6) is 0 Å². The van der Waals surface area contributed by atoms with E-state index in [1.54, 1.807) is 16.8 Å². The predicted molar refractivity (Wildman–Crippen MR) is 88.0 cm³/mol. The van der Waals surface area contributed by atoms with Crippen molar-refractivity contribution in [1.82, 2.24) is 23.6 Å². The molecule has 1 aliphatic rings. The van der Waals surface area contributed by atoms with Crippen LogP contribution < -0.4 is 5.56 Å². The second-order valence-electron chi connectivity index (χ2n) is 6.21. The third-order valence-electron chi connectivity index (χ3n) is 4.24. The van der Waals surface area contributed by atoms with Gasteiger partial charge < -0.3 is 4.57 Å². The molecule has 1 unspecified atom stereocenters. The molecule has 1 saturated heterocycles. The molecule has 3 heterocycles. The Kier molecular flexibility index (Phi) is 4.55. The van der Waals surface area contributed by atoms with Crippen LogP contribution in [0.1, 0.15) is 32.7 Å². The van der Waals surface area contributed by atoms with E-state index >= 15 is 0 Å². The van der Waals surface area contributed by atoms with Gasteiger partial charge in [0.05, 0.1) is 12.9 Å². The Morgan fingerprint density at radius 2 is 2.17 bits per heavy atom. The Morgan fingerprint density at radius 1 is 1.38 bits per heavy atom. The third-order valence-corrected chi connectivity index (χ3v) is 6.08. The smallest absolute Gasteiger partial charge is 0.266 e. The third kappa shape index (κ3) is 3.13. The summed E-state index contributed by atoms with van der Waals surface area (Å²) in [4.78, 5) is 15.9. The van der Waals surface area contributed by atoms with Gasteiger partial charge >= 0.3 is 0 Å². The molecule has 9 heteroatoms. The minimum Gasteiger partial charge on any atom is -0.334 e. The lowest BCUT2D eigenvalue weighted by Gasteiger charge is -2.23. The number of aromatic nitrogens is 4.